The van der Waals surface area contributed by atoms with Gasteiger partial charge in [0.25, 0.3) is 0 Å². The number of thiophene rings is 1. The van der Waals surface area contributed by atoms with Crippen molar-refractivity contribution in [2.24, 2.45) is 0 Å². The van der Waals surface area contributed by atoms with E-state index in [4.69, 9.17) is 11.6 Å². The summed E-state index contributed by atoms with van der Waals surface area (Å²) in [4.78, 5) is 5.66. The Kier molecular flexibility index (Phi) is 3.18. The van der Waals surface area contributed by atoms with Gasteiger partial charge in [0.15, 0.2) is 0 Å². The summed E-state index contributed by atoms with van der Waals surface area (Å²) in [6.45, 7) is 1.72. The second-order valence-electron chi connectivity index (χ2n) is 4.33. The fraction of sp³-hybridized carbons (Fsp3) is 0.417. The standard InChI is InChI=1S/C12H14ClN3S/c13-11-4-3-10(17-11)8-16-6-5-14-12(16)7-15-9-1-2-9/h3-6,9,15H,1-2,7-8H2. The Morgan fingerprint density at radius 2 is 2.35 bits per heavy atom. The number of hydrogen-bond acceptors (Lipinski definition) is 3. The van der Waals surface area contributed by atoms with Crippen LogP contribution in [0.15, 0.2) is 24.5 Å². The Hall–Kier alpha value is -0.840. The summed E-state index contributed by atoms with van der Waals surface area (Å²) in [5.41, 5.74) is 0. The second-order valence-corrected chi connectivity index (χ2v) is 6.13. The van der Waals surface area contributed by atoms with Crippen LogP contribution in [0.25, 0.3) is 0 Å². The number of nitrogens with one attached hydrogen (secondary N) is 1. The minimum Gasteiger partial charge on any atom is -0.329 e. The maximum atomic E-state index is 5.93. The van der Waals surface area contributed by atoms with Gasteiger partial charge in [-0.2, -0.15) is 0 Å². The minimum atomic E-state index is 0.719. The van der Waals surface area contributed by atoms with E-state index in [9.17, 15) is 0 Å². The van der Waals surface area contributed by atoms with Crippen LogP contribution >= 0.6 is 22.9 Å². The average Bonchev–Trinajstić information content (AvgIpc) is 2.90. The van der Waals surface area contributed by atoms with Gasteiger partial charge >= 0.3 is 0 Å². The first kappa shape index (κ1) is 11.3. The van der Waals surface area contributed by atoms with Gasteiger partial charge < -0.3 is 9.88 Å². The summed E-state index contributed by atoms with van der Waals surface area (Å²) in [5, 5.41) is 3.48. The van der Waals surface area contributed by atoms with Gasteiger partial charge in [-0.05, 0) is 25.0 Å². The Morgan fingerprint density at radius 1 is 1.47 bits per heavy atom. The van der Waals surface area contributed by atoms with Crippen LogP contribution in [-0.4, -0.2) is 15.6 Å². The molecule has 0 bridgehead atoms. The number of nitrogens with zero attached hydrogens (tertiary/aromatic N) is 2. The van der Waals surface area contributed by atoms with Gasteiger partial charge in [-0.15, -0.1) is 11.3 Å². The van der Waals surface area contributed by atoms with Gasteiger partial charge in [0.2, 0.25) is 0 Å². The molecule has 1 aliphatic carbocycles. The van der Waals surface area contributed by atoms with E-state index in [1.165, 1.54) is 17.7 Å². The molecule has 5 heteroatoms. The van der Waals surface area contributed by atoms with E-state index in [-0.39, 0.29) is 0 Å². The fourth-order valence-electron chi connectivity index (χ4n) is 1.78. The molecule has 0 aliphatic heterocycles. The SMILES string of the molecule is Clc1ccc(Cn2ccnc2CNC2CC2)s1. The van der Waals surface area contributed by atoms with Gasteiger partial charge in [-0.25, -0.2) is 4.98 Å². The topological polar surface area (TPSA) is 29.9 Å². The molecular weight excluding hydrogens is 254 g/mol. The van der Waals surface area contributed by atoms with Crippen LogP contribution in [0, 0.1) is 0 Å². The first-order valence-corrected chi connectivity index (χ1v) is 6.98. The van der Waals surface area contributed by atoms with Crippen LogP contribution in [0.4, 0.5) is 0 Å². The van der Waals surface area contributed by atoms with E-state index < -0.39 is 0 Å². The van der Waals surface area contributed by atoms with Crippen LogP contribution < -0.4 is 5.32 Å². The number of rotatable bonds is 5. The second kappa shape index (κ2) is 4.80. The van der Waals surface area contributed by atoms with Crippen molar-refractivity contribution in [1.29, 1.82) is 0 Å². The van der Waals surface area contributed by atoms with Crippen molar-refractivity contribution in [3.05, 3.63) is 39.6 Å². The summed E-state index contributed by atoms with van der Waals surface area (Å²) in [6.07, 6.45) is 6.50. The predicted molar refractivity (Wildman–Crippen MR) is 70.5 cm³/mol. The molecule has 2 heterocycles. The first-order valence-electron chi connectivity index (χ1n) is 5.79. The van der Waals surface area contributed by atoms with Crippen molar-refractivity contribution < 1.29 is 0 Å². The molecular formula is C12H14ClN3S. The fourth-order valence-corrected chi connectivity index (χ4v) is 2.87. The van der Waals surface area contributed by atoms with Gasteiger partial charge in [0.1, 0.15) is 5.82 Å². The third-order valence-electron chi connectivity index (χ3n) is 2.88. The van der Waals surface area contributed by atoms with Crippen molar-refractivity contribution >= 4 is 22.9 Å². The van der Waals surface area contributed by atoms with Gasteiger partial charge in [0.05, 0.1) is 17.4 Å². The number of imidazole rings is 1. The number of halogens is 1. The lowest BCUT2D eigenvalue weighted by Crippen LogP contribution is -2.18. The summed E-state index contributed by atoms with van der Waals surface area (Å²) >= 11 is 7.56. The lowest BCUT2D eigenvalue weighted by molar-refractivity contribution is 0.620. The third kappa shape index (κ3) is 2.89. The Bertz CT molecular complexity index is 501. The van der Waals surface area contributed by atoms with Crippen molar-refractivity contribution in [1.82, 2.24) is 14.9 Å². The van der Waals surface area contributed by atoms with Gasteiger partial charge in [0, 0.05) is 23.3 Å². The molecule has 17 heavy (non-hydrogen) atoms. The molecule has 3 nitrogen and oxygen atoms in total. The van der Waals surface area contributed by atoms with Crippen molar-refractivity contribution in [2.45, 2.75) is 32.0 Å². The van der Waals surface area contributed by atoms with Crippen molar-refractivity contribution in [2.75, 3.05) is 0 Å². The lowest BCUT2D eigenvalue weighted by atomic mass is 10.4. The molecule has 0 spiro atoms. The molecule has 1 N–H and O–H groups in total. The molecule has 2 aromatic rings. The monoisotopic (exact) mass is 267 g/mol. The maximum Gasteiger partial charge on any atom is 0.122 e. The highest BCUT2D eigenvalue weighted by Crippen LogP contribution is 2.23. The van der Waals surface area contributed by atoms with Crippen LogP contribution in [0.1, 0.15) is 23.5 Å². The highest BCUT2D eigenvalue weighted by atomic mass is 35.5. The first-order chi connectivity index (χ1) is 8.31. The molecule has 0 amide bonds. The van der Waals surface area contributed by atoms with Crippen LogP contribution in [0.5, 0.6) is 0 Å². The highest BCUT2D eigenvalue weighted by Gasteiger charge is 2.20. The quantitative estimate of drug-likeness (QED) is 0.903. The average molecular weight is 268 g/mol. The molecule has 0 atom stereocenters. The summed E-state index contributed by atoms with van der Waals surface area (Å²) in [5.74, 6) is 1.10. The molecule has 3 rings (SSSR count). The van der Waals surface area contributed by atoms with Crippen molar-refractivity contribution in [3.8, 4) is 0 Å². The van der Waals surface area contributed by atoms with E-state index in [0.717, 1.165) is 29.3 Å². The summed E-state index contributed by atoms with van der Waals surface area (Å²) in [7, 11) is 0. The maximum absolute atomic E-state index is 5.93. The van der Waals surface area contributed by atoms with E-state index in [2.05, 4.69) is 20.9 Å². The summed E-state index contributed by atoms with van der Waals surface area (Å²) < 4.78 is 3.02. The zero-order valence-electron chi connectivity index (χ0n) is 9.40. The zero-order valence-corrected chi connectivity index (χ0v) is 11.0. The van der Waals surface area contributed by atoms with Gasteiger partial charge in [-0.1, -0.05) is 11.6 Å². The highest BCUT2D eigenvalue weighted by molar-refractivity contribution is 7.16. The predicted octanol–water partition coefficient (Wildman–Crippen LogP) is 2.90. The molecule has 1 fully saturated rings. The minimum absolute atomic E-state index is 0.719. The van der Waals surface area contributed by atoms with E-state index in [1.807, 2.05) is 18.5 Å². The molecule has 0 radical (unpaired) electrons. The molecule has 1 aliphatic rings. The largest absolute Gasteiger partial charge is 0.329 e. The molecule has 2 aromatic heterocycles. The van der Waals surface area contributed by atoms with E-state index >= 15 is 0 Å². The third-order valence-corrected chi connectivity index (χ3v) is 4.10. The van der Waals surface area contributed by atoms with Gasteiger partial charge in [-0.3, -0.25) is 0 Å². The normalized spacial score (nSPS) is 15.4. The molecule has 1 saturated carbocycles. The Balaban J connectivity index is 1.67. The smallest absolute Gasteiger partial charge is 0.122 e. The van der Waals surface area contributed by atoms with Crippen LogP contribution in [0.3, 0.4) is 0 Å². The number of hydrogen-bond donors (Lipinski definition) is 1. The van der Waals surface area contributed by atoms with Crippen LogP contribution in [-0.2, 0) is 13.1 Å². The molecule has 0 unspecified atom stereocenters. The van der Waals surface area contributed by atoms with E-state index in [1.54, 1.807) is 11.3 Å². The Morgan fingerprint density at radius 3 is 3.06 bits per heavy atom. The van der Waals surface area contributed by atoms with E-state index in [0.29, 0.717) is 0 Å². The summed E-state index contributed by atoms with van der Waals surface area (Å²) in [6, 6.07) is 4.74. The number of aromatic nitrogens is 2. The lowest BCUT2D eigenvalue weighted by Gasteiger charge is -2.07. The van der Waals surface area contributed by atoms with Crippen molar-refractivity contribution in [3.63, 3.8) is 0 Å². The molecule has 90 valence electrons. The van der Waals surface area contributed by atoms with Crippen LogP contribution in [0.2, 0.25) is 4.34 Å². The zero-order chi connectivity index (χ0) is 11.7. The Labute approximate surface area is 109 Å². The molecule has 0 aromatic carbocycles. The molecule has 0 saturated heterocycles.